The molecule has 2 N–H and O–H groups in total. The molecule has 1 amide bonds. The topological polar surface area (TPSA) is 67.0 Å². The van der Waals surface area contributed by atoms with Crippen molar-refractivity contribution in [3.05, 3.63) is 66.6 Å². The molecule has 5 heteroatoms. The summed E-state index contributed by atoms with van der Waals surface area (Å²) in [5.74, 6) is 0.337. The Hall–Kier alpha value is -3.08. The summed E-state index contributed by atoms with van der Waals surface area (Å²) < 4.78 is 5.21. The van der Waals surface area contributed by atoms with Crippen molar-refractivity contribution in [1.82, 2.24) is 9.97 Å². The lowest BCUT2D eigenvalue weighted by Gasteiger charge is -2.09. The van der Waals surface area contributed by atoms with Gasteiger partial charge in [-0.2, -0.15) is 0 Å². The number of carbonyl (C=O) groups is 1. The van der Waals surface area contributed by atoms with E-state index in [1.807, 2.05) is 30.3 Å². The number of ether oxygens (including phenoxy) is 1. The maximum atomic E-state index is 12.4. The molecule has 0 fully saturated rings. The van der Waals surface area contributed by atoms with Gasteiger partial charge in [0.15, 0.2) is 0 Å². The van der Waals surface area contributed by atoms with Gasteiger partial charge in [-0.25, -0.2) is 4.98 Å². The third-order valence-electron chi connectivity index (χ3n) is 3.28. The number of hydrogen-bond donors (Lipinski definition) is 2. The number of benzene rings is 2. The highest BCUT2D eigenvalue weighted by molar-refractivity contribution is 6.06. The Kier molecular flexibility index (Phi) is 3.87. The Morgan fingerprint density at radius 1 is 1.18 bits per heavy atom. The number of anilines is 1. The van der Waals surface area contributed by atoms with Crippen LogP contribution in [-0.4, -0.2) is 23.0 Å². The van der Waals surface area contributed by atoms with Gasteiger partial charge in [0.2, 0.25) is 0 Å². The number of para-hydroxylation sites is 1. The molecule has 0 radical (unpaired) electrons. The van der Waals surface area contributed by atoms with Gasteiger partial charge in [-0.15, -0.1) is 0 Å². The molecule has 22 heavy (non-hydrogen) atoms. The molecule has 0 aliphatic carbocycles. The van der Waals surface area contributed by atoms with Crippen LogP contribution in [0.15, 0.2) is 61.1 Å². The summed E-state index contributed by atoms with van der Waals surface area (Å²) in [6.07, 6.45) is 3.36. The molecule has 0 aliphatic heterocycles. The molecule has 1 aromatic heterocycles. The lowest BCUT2D eigenvalue weighted by molar-refractivity contribution is 0.102. The molecular weight excluding hydrogens is 278 g/mol. The van der Waals surface area contributed by atoms with Crippen LogP contribution in [0.2, 0.25) is 0 Å². The minimum absolute atomic E-state index is 0.209. The number of aromatic nitrogens is 2. The van der Waals surface area contributed by atoms with Gasteiger partial charge in [0, 0.05) is 11.3 Å². The van der Waals surface area contributed by atoms with E-state index in [4.69, 9.17) is 4.74 Å². The van der Waals surface area contributed by atoms with E-state index in [-0.39, 0.29) is 5.91 Å². The highest BCUT2D eigenvalue weighted by Crippen LogP contribution is 2.22. The van der Waals surface area contributed by atoms with E-state index in [1.54, 1.807) is 37.8 Å². The number of aromatic amines is 1. The first kappa shape index (κ1) is 13.9. The van der Waals surface area contributed by atoms with E-state index in [2.05, 4.69) is 15.3 Å². The summed E-state index contributed by atoms with van der Waals surface area (Å²) in [5, 5.41) is 2.88. The zero-order valence-corrected chi connectivity index (χ0v) is 12.0. The number of nitrogens with one attached hydrogen (secondary N) is 2. The third kappa shape index (κ3) is 2.83. The lowest BCUT2D eigenvalue weighted by atomic mass is 10.1. The van der Waals surface area contributed by atoms with E-state index in [0.717, 1.165) is 11.3 Å². The number of nitrogens with zero attached hydrogens (tertiary/aromatic N) is 1. The highest BCUT2D eigenvalue weighted by Gasteiger charge is 2.12. The average Bonchev–Trinajstić information content (AvgIpc) is 3.09. The number of methoxy groups -OCH3 is 1. The van der Waals surface area contributed by atoms with Crippen LogP contribution in [0.25, 0.3) is 11.3 Å². The van der Waals surface area contributed by atoms with Crippen LogP contribution in [0.4, 0.5) is 5.69 Å². The van der Waals surface area contributed by atoms with Crippen molar-refractivity contribution in [3.63, 3.8) is 0 Å². The smallest absolute Gasteiger partial charge is 0.259 e. The van der Waals surface area contributed by atoms with Crippen LogP contribution in [0.1, 0.15) is 10.4 Å². The molecule has 5 nitrogen and oxygen atoms in total. The molecule has 3 aromatic rings. The number of rotatable bonds is 4. The summed E-state index contributed by atoms with van der Waals surface area (Å²) >= 11 is 0. The molecule has 0 unspecified atom stereocenters. The summed E-state index contributed by atoms with van der Waals surface area (Å²) in [4.78, 5) is 19.4. The largest absolute Gasteiger partial charge is 0.496 e. The monoisotopic (exact) mass is 293 g/mol. The van der Waals surface area contributed by atoms with Crippen molar-refractivity contribution >= 4 is 11.6 Å². The summed E-state index contributed by atoms with van der Waals surface area (Å²) in [7, 11) is 1.55. The maximum absolute atomic E-state index is 12.4. The lowest BCUT2D eigenvalue weighted by Crippen LogP contribution is -2.13. The van der Waals surface area contributed by atoms with Crippen LogP contribution in [0.3, 0.4) is 0 Å². The van der Waals surface area contributed by atoms with E-state index >= 15 is 0 Å². The summed E-state index contributed by atoms with van der Waals surface area (Å²) in [5.41, 5.74) is 3.06. The van der Waals surface area contributed by atoms with Crippen molar-refractivity contribution in [2.24, 2.45) is 0 Å². The second kappa shape index (κ2) is 6.13. The second-order valence-corrected chi connectivity index (χ2v) is 4.70. The number of H-pyrrole nitrogens is 1. The number of amides is 1. The molecule has 0 spiro atoms. The van der Waals surface area contributed by atoms with Gasteiger partial charge < -0.3 is 15.0 Å². The highest BCUT2D eigenvalue weighted by atomic mass is 16.5. The zero-order chi connectivity index (χ0) is 15.4. The second-order valence-electron chi connectivity index (χ2n) is 4.70. The van der Waals surface area contributed by atoms with Gasteiger partial charge in [0.1, 0.15) is 5.75 Å². The van der Waals surface area contributed by atoms with Crippen molar-refractivity contribution in [2.75, 3.05) is 12.4 Å². The molecule has 1 heterocycles. The Bertz CT molecular complexity index is 782. The Morgan fingerprint density at radius 2 is 2.05 bits per heavy atom. The fourth-order valence-corrected chi connectivity index (χ4v) is 2.21. The number of carbonyl (C=O) groups excluding carboxylic acids is 1. The molecule has 2 aromatic carbocycles. The summed E-state index contributed by atoms with van der Waals surface area (Å²) in [6, 6.07) is 14.7. The van der Waals surface area contributed by atoms with Gasteiger partial charge >= 0.3 is 0 Å². The van der Waals surface area contributed by atoms with Crippen LogP contribution < -0.4 is 10.1 Å². The predicted octanol–water partition coefficient (Wildman–Crippen LogP) is 3.34. The minimum atomic E-state index is -0.209. The number of imidazole rings is 1. The van der Waals surface area contributed by atoms with E-state index < -0.39 is 0 Å². The standard InChI is InChI=1S/C17H15N3O2/c1-22-16-8-3-2-7-14(16)17(21)20-13-6-4-5-12(9-13)15-10-18-11-19-15/h2-11H,1H3,(H,18,19)(H,20,21). The first-order valence-corrected chi connectivity index (χ1v) is 6.81. The minimum Gasteiger partial charge on any atom is -0.496 e. The summed E-state index contributed by atoms with van der Waals surface area (Å²) in [6.45, 7) is 0. The van der Waals surface area contributed by atoms with E-state index in [9.17, 15) is 4.79 Å². The van der Waals surface area contributed by atoms with Gasteiger partial charge in [-0.05, 0) is 24.3 Å². The van der Waals surface area contributed by atoms with Crippen molar-refractivity contribution in [3.8, 4) is 17.0 Å². The Labute approximate surface area is 128 Å². The molecular formula is C17H15N3O2. The first-order chi connectivity index (χ1) is 10.8. The fraction of sp³-hybridized carbons (Fsp3) is 0.0588. The molecule has 0 atom stereocenters. The molecule has 110 valence electrons. The number of hydrogen-bond acceptors (Lipinski definition) is 3. The van der Waals surface area contributed by atoms with Crippen LogP contribution in [-0.2, 0) is 0 Å². The predicted molar refractivity (Wildman–Crippen MR) is 85.0 cm³/mol. The van der Waals surface area contributed by atoms with Crippen molar-refractivity contribution in [2.45, 2.75) is 0 Å². The van der Waals surface area contributed by atoms with Gasteiger partial charge in [0.25, 0.3) is 5.91 Å². The first-order valence-electron chi connectivity index (χ1n) is 6.81. The van der Waals surface area contributed by atoms with Crippen LogP contribution in [0.5, 0.6) is 5.75 Å². The van der Waals surface area contributed by atoms with Crippen LogP contribution >= 0.6 is 0 Å². The van der Waals surface area contributed by atoms with Crippen LogP contribution in [0, 0.1) is 0 Å². The maximum Gasteiger partial charge on any atom is 0.259 e. The molecule has 3 rings (SSSR count). The molecule has 0 bridgehead atoms. The molecule has 0 aliphatic rings. The van der Waals surface area contributed by atoms with Gasteiger partial charge in [0.05, 0.1) is 30.9 Å². The fourth-order valence-electron chi connectivity index (χ4n) is 2.21. The van der Waals surface area contributed by atoms with Crippen molar-refractivity contribution in [1.29, 1.82) is 0 Å². The SMILES string of the molecule is COc1ccccc1C(=O)Nc1cccc(-c2cnc[nH]2)c1. The Balaban J connectivity index is 1.84. The van der Waals surface area contributed by atoms with Gasteiger partial charge in [-0.3, -0.25) is 4.79 Å². The molecule has 0 saturated heterocycles. The van der Waals surface area contributed by atoms with Crippen molar-refractivity contribution < 1.29 is 9.53 Å². The third-order valence-corrected chi connectivity index (χ3v) is 3.28. The van der Waals surface area contributed by atoms with E-state index in [0.29, 0.717) is 17.0 Å². The molecule has 0 saturated carbocycles. The zero-order valence-electron chi connectivity index (χ0n) is 12.0. The average molecular weight is 293 g/mol. The van der Waals surface area contributed by atoms with Gasteiger partial charge in [-0.1, -0.05) is 24.3 Å². The normalized spacial score (nSPS) is 10.2. The Morgan fingerprint density at radius 3 is 2.82 bits per heavy atom. The quantitative estimate of drug-likeness (QED) is 0.775. The van der Waals surface area contributed by atoms with E-state index in [1.165, 1.54) is 0 Å².